The summed E-state index contributed by atoms with van der Waals surface area (Å²) in [5.74, 6) is 1.75. The van der Waals surface area contributed by atoms with Gasteiger partial charge in [0.05, 0.1) is 0 Å². The van der Waals surface area contributed by atoms with Crippen LogP contribution >= 0.6 is 0 Å². The number of rotatable bonds is 7. The van der Waals surface area contributed by atoms with Crippen LogP contribution in [0, 0.1) is 17.3 Å². The summed E-state index contributed by atoms with van der Waals surface area (Å²) in [6.45, 7) is 8.73. The minimum absolute atomic E-state index is 0.154. The molecule has 0 aromatic heterocycles. The molecule has 0 aromatic rings. The Labute approximate surface area is 107 Å². The zero-order chi connectivity index (χ0) is 12.9. The SMILES string of the molecule is CCCCC(CC1CCC1)C(=O)CC(C)(C)C. The van der Waals surface area contributed by atoms with Crippen LogP contribution in [0.4, 0.5) is 0 Å². The number of unbranched alkanes of at least 4 members (excludes halogenated alkanes) is 1. The van der Waals surface area contributed by atoms with Crippen molar-refractivity contribution in [2.75, 3.05) is 0 Å². The predicted octanol–water partition coefficient (Wildman–Crippen LogP) is 4.99. The van der Waals surface area contributed by atoms with E-state index in [2.05, 4.69) is 27.7 Å². The second-order valence-corrected chi connectivity index (χ2v) is 7.08. The summed E-state index contributed by atoms with van der Waals surface area (Å²) in [7, 11) is 0. The summed E-state index contributed by atoms with van der Waals surface area (Å²) in [6.07, 6.45) is 9.61. The zero-order valence-corrected chi connectivity index (χ0v) is 12.2. The van der Waals surface area contributed by atoms with Gasteiger partial charge in [0, 0.05) is 12.3 Å². The third-order valence-electron chi connectivity index (χ3n) is 3.91. The second kappa shape index (κ2) is 6.56. The number of hydrogen-bond acceptors (Lipinski definition) is 1. The van der Waals surface area contributed by atoms with Gasteiger partial charge in [-0.1, -0.05) is 59.8 Å². The summed E-state index contributed by atoms with van der Waals surface area (Å²) in [5, 5.41) is 0. The Balaban J connectivity index is 2.44. The molecule has 0 heterocycles. The van der Waals surface area contributed by atoms with Gasteiger partial charge in [-0.15, -0.1) is 0 Å². The fourth-order valence-corrected chi connectivity index (χ4v) is 2.66. The third kappa shape index (κ3) is 5.70. The molecule has 17 heavy (non-hydrogen) atoms. The molecule has 0 amide bonds. The molecule has 1 unspecified atom stereocenters. The van der Waals surface area contributed by atoms with E-state index in [9.17, 15) is 4.79 Å². The van der Waals surface area contributed by atoms with Crippen LogP contribution in [0.2, 0.25) is 0 Å². The van der Waals surface area contributed by atoms with Crippen molar-refractivity contribution in [3.8, 4) is 0 Å². The Kier molecular flexibility index (Phi) is 5.69. The van der Waals surface area contributed by atoms with Crippen molar-refractivity contribution in [2.45, 2.75) is 79.1 Å². The van der Waals surface area contributed by atoms with Crippen LogP contribution in [0.3, 0.4) is 0 Å². The second-order valence-electron chi connectivity index (χ2n) is 7.08. The predicted molar refractivity (Wildman–Crippen MR) is 74.1 cm³/mol. The highest BCUT2D eigenvalue weighted by Crippen LogP contribution is 2.35. The molecule has 0 bridgehead atoms. The van der Waals surface area contributed by atoms with Crippen molar-refractivity contribution in [3.05, 3.63) is 0 Å². The number of carbonyl (C=O) groups is 1. The first-order valence-corrected chi connectivity index (χ1v) is 7.45. The minimum Gasteiger partial charge on any atom is -0.299 e. The fraction of sp³-hybridized carbons (Fsp3) is 0.938. The average molecular weight is 238 g/mol. The highest BCUT2D eigenvalue weighted by molar-refractivity contribution is 5.81. The molecule has 1 aliphatic carbocycles. The number of hydrogen-bond donors (Lipinski definition) is 0. The molecular weight excluding hydrogens is 208 g/mol. The first kappa shape index (κ1) is 14.7. The zero-order valence-electron chi connectivity index (χ0n) is 12.2. The summed E-state index contributed by atoms with van der Waals surface area (Å²) in [5.41, 5.74) is 0.154. The van der Waals surface area contributed by atoms with Crippen molar-refractivity contribution in [1.82, 2.24) is 0 Å². The molecule has 0 radical (unpaired) electrons. The van der Waals surface area contributed by atoms with E-state index in [1.165, 1.54) is 38.5 Å². The maximum Gasteiger partial charge on any atom is 0.136 e. The van der Waals surface area contributed by atoms with E-state index in [0.717, 1.165) is 18.8 Å². The monoisotopic (exact) mass is 238 g/mol. The molecule has 1 atom stereocenters. The van der Waals surface area contributed by atoms with Crippen molar-refractivity contribution in [3.63, 3.8) is 0 Å². The van der Waals surface area contributed by atoms with Gasteiger partial charge in [0.15, 0.2) is 0 Å². The van der Waals surface area contributed by atoms with E-state index in [-0.39, 0.29) is 5.41 Å². The average Bonchev–Trinajstić information content (AvgIpc) is 2.12. The number of ketones is 1. The molecule has 0 spiro atoms. The molecular formula is C16H30O. The van der Waals surface area contributed by atoms with Crippen LogP contribution in [0.15, 0.2) is 0 Å². The standard InChI is InChI=1S/C16H30O/c1-5-6-10-14(11-13-8-7-9-13)15(17)12-16(2,3)4/h13-14H,5-12H2,1-4H3. The molecule has 1 fully saturated rings. The van der Waals surface area contributed by atoms with Crippen LogP contribution in [0.1, 0.15) is 79.1 Å². The summed E-state index contributed by atoms with van der Waals surface area (Å²) >= 11 is 0. The lowest BCUT2D eigenvalue weighted by Crippen LogP contribution is -2.25. The fourth-order valence-electron chi connectivity index (χ4n) is 2.66. The molecule has 1 saturated carbocycles. The molecule has 0 aromatic carbocycles. The van der Waals surface area contributed by atoms with Crippen molar-refractivity contribution < 1.29 is 4.79 Å². The molecule has 1 aliphatic rings. The lowest BCUT2D eigenvalue weighted by atomic mass is 9.74. The first-order valence-electron chi connectivity index (χ1n) is 7.45. The maximum absolute atomic E-state index is 12.3. The van der Waals surface area contributed by atoms with Gasteiger partial charge in [-0.2, -0.15) is 0 Å². The van der Waals surface area contributed by atoms with Crippen LogP contribution in [0.5, 0.6) is 0 Å². The van der Waals surface area contributed by atoms with E-state index in [1.807, 2.05) is 0 Å². The number of Topliss-reactive ketones (excluding diaryl/α,β-unsaturated/α-hetero) is 1. The largest absolute Gasteiger partial charge is 0.299 e. The van der Waals surface area contributed by atoms with Gasteiger partial charge in [-0.05, 0) is 24.2 Å². The lowest BCUT2D eigenvalue weighted by molar-refractivity contribution is -0.125. The van der Waals surface area contributed by atoms with Crippen molar-refractivity contribution in [2.24, 2.45) is 17.3 Å². The van der Waals surface area contributed by atoms with Gasteiger partial charge < -0.3 is 0 Å². The number of carbonyl (C=O) groups excluding carboxylic acids is 1. The van der Waals surface area contributed by atoms with Gasteiger partial charge in [-0.3, -0.25) is 4.79 Å². The van der Waals surface area contributed by atoms with Crippen LogP contribution in [0.25, 0.3) is 0 Å². The summed E-state index contributed by atoms with van der Waals surface area (Å²) in [4.78, 5) is 12.3. The van der Waals surface area contributed by atoms with Crippen molar-refractivity contribution >= 4 is 5.78 Å². The lowest BCUT2D eigenvalue weighted by Gasteiger charge is -2.30. The van der Waals surface area contributed by atoms with Gasteiger partial charge in [0.2, 0.25) is 0 Å². The Bertz CT molecular complexity index is 232. The van der Waals surface area contributed by atoms with E-state index in [0.29, 0.717) is 11.7 Å². The van der Waals surface area contributed by atoms with E-state index >= 15 is 0 Å². The highest BCUT2D eigenvalue weighted by Gasteiger charge is 2.28. The van der Waals surface area contributed by atoms with Crippen LogP contribution in [-0.4, -0.2) is 5.78 Å². The quantitative estimate of drug-likeness (QED) is 0.611. The Morgan fingerprint density at radius 3 is 2.35 bits per heavy atom. The maximum atomic E-state index is 12.3. The van der Waals surface area contributed by atoms with Crippen LogP contribution < -0.4 is 0 Å². The van der Waals surface area contributed by atoms with Gasteiger partial charge in [0.25, 0.3) is 0 Å². The highest BCUT2D eigenvalue weighted by atomic mass is 16.1. The summed E-state index contributed by atoms with van der Waals surface area (Å²) in [6, 6.07) is 0. The molecule has 1 heteroatoms. The molecule has 1 nitrogen and oxygen atoms in total. The molecule has 0 saturated heterocycles. The molecule has 0 aliphatic heterocycles. The molecule has 100 valence electrons. The molecule has 0 N–H and O–H groups in total. The Morgan fingerprint density at radius 2 is 1.94 bits per heavy atom. The topological polar surface area (TPSA) is 17.1 Å². The summed E-state index contributed by atoms with van der Waals surface area (Å²) < 4.78 is 0. The minimum atomic E-state index is 0.154. The van der Waals surface area contributed by atoms with Gasteiger partial charge in [0.1, 0.15) is 5.78 Å². The van der Waals surface area contributed by atoms with E-state index in [1.54, 1.807) is 0 Å². The normalized spacial score (nSPS) is 18.8. The third-order valence-corrected chi connectivity index (χ3v) is 3.91. The Morgan fingerprint density at radius 1 is 1.29 bits per heavy atom. The first-order chi connectivity index (χ1) is 7.92. The van der Waals surface area contributed by atoms with Crippen molar-refractivity contribution in [1.29, 1.82) is 0 Å². The Hall–Kier alpha value is -0.330. The van der Waals surface area contributed by atoms with Crippen LogP contribution in [-0.2, 0) is 4.79 Å². The van der Waals surface area contributed by atoms with E-state index in [4.69, 9.17) is 0 Å². The van der Waals surface area contributed by atoms with E-state index < -0.39 is 0 Å². The van der Waals surface area contributed by atoms with Gasteiger partial charge >= 0.3 is 0 Å². The van der Waals surface area contributed by atoms with Gasteiger partial charge in [-0.25, -0.2) is 0 Å². The molecule has 1 rings (SSSR count). The smallest absolute Gasteiger partial charge is 0.136 e.